The van der Waals surface area contributed by atoms with E-state index in [2.05, 4.69) is 0 Å². The molecule has 1 aliphatic rings. The van der Waals surface area contributed by atoms with E-state index in [4.69, 9.17) is 4.74 Å². The van der Waals surface area contributed by atoms with E-state index in [0.29, 0.717) is 5.57 Å². The molecule has 0 radical (unpaired) electrons. The third-order valence-electron chi connectivity index (χ3n) is 3.40. The van der Waals surface area contributed by atoms with E-state index in [1.165, 1.54) is 19.2 Å². The van der Waals surface area contributed by atoms with Crippen LogP contribution in [0.5, 0.6) is 11.5 Å². The maximum atomic E-state index is 12.5. The molecule has 20 heavy (non-hydrogen) atoms. The molecular weight excluding hydrogens is 260 g/mol. The first-order valence-corrected chi connectivity index (χ1v) is 6.25. The van der Waals surface area contributed by atoms with Crippen LogP contribution < -0.4 is 4.74 Å². The lowest BCUT2D eigenvalue weighted by Gasteiger charge is -2.21. The van der Waals surface area contributed by atoms with Gasteiger partial charge < -0.3 is 14.9 Å². The highest BCUT2D eigenvalue weighted by Crippen LogP contribution is 2.38. The van der Waals surface area contributed by atoms with E-state index in [-0.39, 0.29) is 40.4 Å². The summed E-state index contributed by atoms with van der Waals surface area (Å²) in [5.74, 6) is -0.942. The maximum absolute atomic E-state index is 12.5. The van der Waals surface area contributed by atoms with Crippen LogP contribution >= 0.6 is 0 Å². The summed E-state index contributed by atoms with van der Waals surface area (Å²) < 4.78 is 4.96. The normalized spacial score (nSPS) is 16.2. The number of aliphatic hydroxyl groups is 1. The number of carbonyl (C=O) groups is 2. The summed E-state index contributed by atoms with van der Waals surface area (Å²) in [7, 11) is 1.37. The van der Waals surface area contributed by atoms with Crippen LogP contribution in [-0.4, -0.2) is 35.0 Å². The van der Waals surface area contributed by atoms with Gasteiger partial charge in [-0.2, -0.15) is 0 Å². The minimum Gasteiger partial charge on any atom is -0.504 e. The Morgan fingerprint density at radius 2 is 1.90 bits per heavy atom. The molecule has 5 nitrogen and oxygen atoms in total. The number of methoxy groups -OCH3 is 1. The molecule has 0 unspecified atom stereocenters. The first-order chi connectivity index (χ1) is 9.38. The van der Waals surface area contributed by atoms with Crippen molar-refractivity contribution in [1.82, 2.24) is 0 Å². The predicted octanol–water partition coefficient (Wildman–Crippen LogP) is 1.87. The first-order valence-electron chi connectivity index (χ1n) is 6.25. The Labute approximate surface area is 116 Å². The lowest BCUT2D eigenvalue weighted by atomic mass is 9.82. The molecule has 2 rings (SSSR count). The van der Waals surface area contributed by atoms with E-state index in [9.17, 15) is 19.8 Å². The van der Waals surface area contributed by atoms with Crippen molar-refractivity contribution in [1.29, 1.82) is 0 Å². The lowest BCUT2D eigenvalue weighted by molar-refractivity contribution is 0.0958. The van der Waals surface area contributed by atoms with Gasteiger partial charge in [0.1, 0.15) is 0 Å². The Morgan fingerprint density at radius 3 is 2.45 bits per heavy atom. The molecule has 1 aromatic carbocycles. The number of benzene rings is 1. The van der Waals surface area contributed by atoms with Crippen LogP contribution in [0, 0.1) is 0 Å². The van der Waals surface area contributed by atoms with Crippen molar-refractivity contribution in [3.63, 3.8) is 0 Å². The Kier molecular flexibility index (Phi) is 3.63. The van der Waals surface area contributed by atoms with Gasteiger partial charge in [0.15, 0.2) is 23.1 Å². The summed E-state index contributed by atoms with van der Waals surface area (Å²) in [6.45, 7) is 3.10. The molecule has 5 heteroatoms. The molecule has 106 valence electrons. The second kappa shape index (κ2) is 5.09. The number of ether oxygens (including phenoxy) is 1. The first kappa shape index (κ1) is 14.3. The number of aromatic hydroxyl groups is 1. The minimum absolute atomic E-state index is 0.0457. The number of hydrogen-bond acceptors (Lipinski definition) is 5. The zero-order valence-corrected chi connectivity index (χ0v) is 11.6. The van der Waals surface area contributed by atoms with Gasteiger partial charge in [-0.25, -0.2) is 0 Å². The van der Waals surface area contributed by atoms with Gasteiger partial charge in [0.05, 0.1) is 18.8 Å². The number of hydrogen-bond donors (Lipinski definition) is 2. The molecule has 0 saturated heterocycles. The zero-order chi connectivity index (χ0) is 15.0. The van der Waals surface area contributed by atoms with E-state index in [1.54, 1.807) is 13.8 Å². The van der Waals surface area contributed by atoms with Gasteiger partial charge in [0.25, 0.3) is 0 Å². The number of allylic oxidation sites excluding steroid dienone is 1. The van der Waals surface area contributed by atoms with Crippen LogP contribution in [0.25, 0.3) is 0 Å². The standard InChI is InChI=1S/C15H16O5/c1-7(16)6-10-8(2)13(17)9-4-5-11(20-3)15(19)12(9)14(10)18/h4-5,7,16,19H,6H2,1-3H3/t7-/m0/s1. The van der Waals surface area contributed by atoms with Crippen LogP contribution in [0.3, 0.4) is 0 Å². The van der Waals surface area contributed by atoms with Gasteiger partial charge in [-0.15, -0.1) is 0 Å². The zero-order valence-electron chi connectivity index (χ0n) is 11.6. The number of aliphatic hydroxyl groups excluding tert-OH is 1. The molecule has 0 aliphatic heterocycles. The number of carbonyl (C=O) groups excluding carboxylic acids is 2. The second-order valence-electron chi connectivity index (χ2n) is 4.85. The largest absolute Gasteiger partial charge is 0.504 e. The lowest BCUT2D eigenvalue weighted by Crippen LogP contribution is -2.23. The summed E-state index contributed by atoms with van der Waals surface area (Å²) in [5.41, 5.74) is 0.671. The number of ketones is 2. The van der Waals surface area contributed by atoms with E-state index in [0.717, 1.165) is 0 Å². The summed E-state index contributed by atoms with van der Waals surface area (Å²) in [4.78, 5) is 24.7. The smallest absolute Gasteiger partial charge is 0.194 e. The number of Topliss-reactive ketones (excluding diaryl/α,β-unsaturated/α-hetero) is 2. The highest BCUT2D eigenvalue weighted by Gasteiger charge is 2.33. The highest BCUT2D eigenvalue weighted by molar-refractivity contribution is 6.27. The quantitative estimate of drug-likeness (QED) is 0.880. The van der Waals surface area contributed by atoms with Crippen molar-refractivity contribution in [3.8, 4) is 11.5 Å². The van der Waals surface area contributed by atoms with Crippen molar-refractivity contribution < 1.29 is 24.5 Å². The topological polar surface area (TPSA) is 83.8 Å². The van der Waals surface area contributed by atoms with Crippen molar-refractivity contribution in [2.24, 2.45) is 0 Å². The van der Waals surface area contributed by atoms with Gasteiger partial charge in [-0.1, -0.05) is 0 Å². The molecular formula is C15H16O5. The van der Waals surface area contributed by atoms with Gasteiger partial charge >= 0.3 is 0 Å². The van der Waals surface area contributed by atoms with Gasteiger partial charge in [-0.3, -0.25) is 9.59 Å². The van der Waals surface area contributed by atoms with Gasteiger partial charge in [0, 0.05) is 23.1 Å². The molecule has 1 aromatic rings. The van der Waals surface area contributed by atoms with E-state index >= 15 is 0 Å². The van der Waals surface area contributed by atoms with Gasteiger partial charge in [-0.05, 0) is 26.0 Å². The Hall–Kier alpha value is -2.14. The molecule has 1 aliphatic carbocycles. The molecule has 0 saturated carbocycles. The van der Waals surface area contributed by atoms with E-state index < -0.39 is 11.9 Å². The summed E-state index contributed by atoms with van der Waals surface area (Å²) in [6, 6.07) is 2.92. The Morgan fingerprint density at radius 1 is 1.25 bits per heavy atom. The third-order valence-corrected chi connectivity index (χ3v) is 3.40. The molecule has 0 amide bonds. The Balaban J connectivity index is 2.64. The van der Waals surface area contributed by atoms with Crippen LogP contribution in [0.15, 0.2) is 23.3 Å². The third kappa shape index (κ3) is 2.10. The fourth-order valence-corrected chi connectivity index (χ4v) is 2.36. The average Bonchev–Trinajstić information content (AvgIpc) is 2.40. The molecule has 0 fully saturated rings. The molecule has 2 N–H and O–H groups in total. The highest BCUT2D eigenvalue weighted by atomic mass is 16.5. The maximum Gasteiger partial charge on any atom is 0.194 e. The van der Waals surface area contributed by atoms with Gasteiger partial charge in [0.2, 0.25) is 0 Å². The Bertz CT molecular complexity index is 625. The average molecular weight is 276 g/mol. The fraction of sp³-hybridized carbons (Fsp3) is 0.333. The molecule has 1 atom stereocenters. The molecule has 0 bridgehead atoms. The molecule has 0 heterocycles. The van der Waals surface area contributed by atoms with Crippen molar-refractivity contribution in [2.45, 2.75) is 26.4 Å². The number of phenolic OH excluding ortho intramolecular Hbond substituents is 1. The van der Waals surface area contributed by atoms with Crippen molar-refractivity contribution in [3.05, 3.63) is 34.4 Å². The molecule has 0 aromatic heterocycles. The summed E-state index contributed by atoms with van der Waals surface area (Å²) in [6.07, 6.45) is -0.669. The van der Waals surface area contributed by atoms with Crippen LogP contribution in [0.4, 0.5) is 0 Å². The van der Waals surface area contributed by atoms with Crippen LogP contribution in [0.1, 0.15) is 41.0 Å². The van der Waals surface area contributed by atoms with Crippen LogP contribution in [-0.2, 0) is 0 Å². The van der Waals surface area contributed by atoms with Crippen molar-refractivity contribution in [2.75, 3.05) is 7.11 Å². The summed E-state index contributed by atoms with van der Waals surface area (Å²) in [5, 5.41) is 19.5. The minimum atomic E-state index is -0.744. The molecule has 0 spiro atoms. The second-order valence-corrected chi connectivity index (χ2v) is 4.85. The van der Waals surface area contributed by atoms with Crippen LogP contribution in [0.2, 0.25) is 0 Å². The SMILES string of the molecule is COc1ccc2c(c1O)C(=O)C(C[C@H](C)O)=C(C)C2=O. The summed E-state index contributed by atoms with van der Waals surface area (Å²) >= 11 is 0. The predicted molar refractivity (Wildman–Crippen MR) is 72.3 cm³/mol. The van der Waals surface area contributed by atoms with Crippen molar-refractivity contribution >= 4 is 11.6 Å². The monoisotopic (exact) mass is 276 g/mol. The fourth-order valence-electron chi connectivity index (χ4n) is 2.36. The number of fused-ring (bicyclic) bond motifs is 1. The number of rotatable bonds is 3. The van der Waals surface area contributed by atoms with E-state index in [1.807, 2.05) is 0 Å². The number of phenols is 1.